The minimum absolute atomic E-state index is 0.00796. The van der Waals surface area contributed by atoms with E-state index in [9.17, 15) is 9.50 Å². The zero-order chi connectivity index (χ0) is 10.0. The smallest absolute Gasteiger partial charge is 0.166 e. The third-order valence-corrected chi connectivity index (χ3v) is 2.66. The summed E-state index contributed by atoms with van der Waals surface area (Å²) in [6.07, 6.45) is 0. The molecule has 3 nitrogen and oxygen atoms in total. The van der Waals surface area contributed by atoms with Crippen LogP contribution in [-0.2, 0) is 6.54 Å². The van der Waals surface area contributed by atoms with Crippen LogP contribution in [0, 0.1) is 12.7 Å². The van der Waals surface area contributed by atoms with E-state index in [0.29, 0.717) is 15.6 Å². The van der Waals surface area contributed by atoms with Crippen LogP contribution in [0.4, 0.5) is 4.39 Å². The molecule has 0 spiro atoms. The summed E-state index contributed by atoms with van der Waals surface area (Å²) in [7, 11) is 0. The van der Waals surface area contributed by atoms with E-state index in [4.69, 9.17) is 5.21 Å². The molecule has 0 saturated heterocycles. The van der Waals surface area contributed by atoms with Crippen molar-refractivity contribution in [1.29, 1.82) is 0 Å². The van der Waals surface area contributed by atoms with Crippen LogP contribution in [-0.4, -0.2) is 10.3 Å². The van der Waals surface area contributed by atoms with Crippen molar-refractivity contribution in [3.05, 3.63) is 27.5 Å². The van der Waals surface area contributed by atoms with Crippen molar-refractivity contribution >= 4 is 15.9 Å². The lowest BCUT2D eigenvalue weighted by Crippen LogP contribution is -2.08. The summed E-state index contributed by atoms with van der Waals surface area (Å²) in [6, 6.07) is 1.19. The zero-order valence-electron chi connectivity index (χ0n) is 6.93. The van der Waals surface area contributed by atoms with E-state index in [1.54, 1.807) is 6.92 Å². The molecule has 0 aliphatic carbocycles. The van der Waals surface area contributed by atoms with E-state index >= 15 is 0 Å². The maximum absolute atomic E-state index is 13.0. The monoisotopic (exact) mass is 249 g/mol. The van der Waals surface area contributed by atoms with Gasteiger partial charge in [0, 0.05) is 16.6 Å². The summed E-state index contributed by atoms with van der Waals surface area (Å²) in [5, 5.41) is 17.7. The van der Waals surface area contributed by atoms with E-state index in [0.717, 1.165) is 0 Å². The van der Waals surface area contributed by atoms with Crippen LogP contribution in [0.15, 0.2) is 10.5 Å². The van der Waals surface area contributed by atoms with Crippen molar-refractivity contribution in [2.75, 3.05) is 0 Å². The quantitative estimate of drug-likeness (QED) is 0.704. The summed E-state index contributed by atoms with van der Waals surface area (Å²) >= 11 is 3.14. The van der Waals surface area contributed by atoms with E-state index < -0.39 is 11.6 Å². The second-order valence-corrected chi connectivity index (χ2v) is 3.48. The summed E-state index contributed by atoms with van der Waals surface area (Å²) in [4.78, 5) is 0. The average Bonchev–Trinajstić information content (AvgIpc) is 2.09. The van der Waals surface area contributed by atoms with Crippen LogP contribution in [0.25, 0.3) is 0 Å². The summed E-state index contributed by atoms with van der Waals surface area (Å²) in [5.74, 6) is -1.13. The number of hydrogen-bond acceptors (Lipinski definition) is 3. The lowest BCUT2D eigenvalue weighted by molar-refractivity contribution is 0.159. The maximum Gasteiger partial charge on any atom is 0.166 e. The third-order valence-electron chi connectivity index (χ3n) is 1.83. The molecule has 0 radical (unpaired) electrons. The minimum atomic E-state index is -0.706. The van der Waals surface area contributed by atoms with Crippen molar-refractivity contribution < 1.29 is 14.7 Å². The molecule has 13 heavy (non-hydrogen) atoms. The molecule has 0 aromatic heterocycles. The highest BCUT2D eigenvalue weighted by Gasteiger charge is 2.12. The Bertz CT molecular complexity index is 304. The topological polar surface area (TPSA) is 52.5 Å². The summed E-state index contributed by atoms with van der Waals surface area (Å²) in [6.45, 7) is 1.73. The Morgan fingerprint density at radius 1 is 1.62 bits per heavy atom. The van der Waals surface area contributed by atoms with Gasteiger partial charge >= 0.3 is 0 Å². The highest BCUT2D eigenvalue weighted by Crippen LogP contribution is 2.30. The largest absolute Gasteiger partial charge is 0.505 e. The lowest BCUT2D eigenvalue weighted by atomic mass is 10.1. The number of benzene rings is 1. The molecular weight excluding hydrogens is 241 g/mol. The first-order chi connectivity index (χ1) is 6.07. The van der Waals surface area contributed by atoms with Crippen molar-refractivity contribution in [3.8, 4) is 5.75 Å². The number of hydroxylamine groups is 1. The fourth-order valence-corrected chi connectivity index (χ4v) is 1.49. The predicted octanol–water partition coefficient (Wildman–Crippen LogP) is 2.08. The van der Waals surface area contributed by atoms with Crippen molar-refractivity contribution in [2.24, 2.45) is 0 Å². The van der Waals surface area contributed by atoms with Gasteiger partial charge in [0.2, 0.25) is 0 Å². The van der Waals surface area contributed by atoms with Crippen LogP contribution in [0.2, 0.25) is 0 Å². The molecule has 0 amide bonds. The molecule has 1 aromatic rings. The molecule has 1 rings (SSSR count). The normalized spacial score (nSPS) is 10.5. The SMILES string of the molecule is Cc1c(Br)cc(F)c(O)c1CNO. The number of phenols is 1. The maximum atomic E-state index is 13.0. The van der Waals surface area contributed by atoms with Crippen LogP contribution in [0.5, 0.6) is 5.75 Å². The molecule has 0 fully saturated rings. The fourth-order valence-electron chi connectivity index (χ4n) is 1.05. The number of hydrogen-bond donors (Lipinski definition) is 3. The van der Waals surface area contributed by atoms with Crippen LogP contribution in [0.3, 0.4) is 0 Å². The number of halogens is 2. The first-order valence-electron chi connectivity index (χ1n) is 3.61. The van der Waals surface area contributed by atoms with Crippen molar-refractivity contribution in [2.45, 2.75) is 13.5 Å². The van der Waals surface area contributed by atoms with Gasteiger partial charge in [0.05, 0.1) is 0 Å². The number of nitrogens with one attached hydrogen (secondary N) is 1. The number of phenolic OH excluding ortho intramolecular Hbond substituents is 1. The van der Waals surface area contributed by atoms with Crippen molar-refractivity contribution in [1.82, 2.24) is 5.48 Å². The zero-order valence-corrected chi connectivity index (χ0v) is 8.52. The Morgan fingerprint density at radius 2 is 2.23 bits per heavy atom. The standard InChI is InChI=1S/C8H9BrFNO2/c1-4-5(3-11-13)8(12)7(10)2-6(4)9/h2,11-13H,3H2,1H3. The molecule has 0 aliphatic rings. The molecule has 0 atom stereocenters. The highest BCUT2D eigenvalue weighted by molar-refractivity contribution is 9.10. The Labute approximate surface area is 83.3 Å². The molecule has 0 aliphatic heterocycles. The van der Waals surface area contributed by atoms with Crippen LogP contribution < -0.4 is 5.48 Å². The first-order valence-corrected chi connectivity index (χ1v) is 4.40. The van der Waals surface area contributed by atoms with Crippen LogP contribution >= 0.6 is 15.9 Å². The van der Waals surface area contributed by atoms with E-state index in [2.05, 4.69) is 15.9 Å². The van der Waals surface area contributed by atoms with Gasteiger partial charge in [-0.25, -0.2) is 9.87 Å². The van der Waals surface area contributed by atoms with E-state index in [-0.39, 0.29) is 6.54 Å². The van der Waals surface area contributed by atoms with Gasteiger partial charge in [-0.15, -0.1) is 0 Å². The minimum Gasteiger partial charge on any atom is -0.505 e. The third kappa shape index (κ3) is 1.99. The first kappa shape index (κ1) is 10.4. The Hall–Kier alpha value is -0.650. The molecule has 0 unspecified atom stereocenters. The van der Waals surface area contributed by atoms with Crippen LogP contribution in [0.1, 0.15) is 11.1 Å². The second-order valence-electron chi connectivity index (χ2n) is 2.63. The second kappa shape index (κ2) is 4.04. The lowest BCUT2D eigenvalue weighted by Gasteiger charge is -2.09. The molecule has 72 valence electrons. The summed E-state index contributed by atoms with van der Waals surface area (Å²) in [5.41, 5.74) is 2.91. The van der Waals surface area contributed by atoms with Gasteiger partial charge < -0.3 is 10.3 Å². The molecular formula is C8H9BrFNO2. The van der Waals surface area contributed by atoms with Gasteiger partial charge in [-0.3, -0.25) is 0 Å². The van der Waals surface area contributed by atoms with Gasteiger partial charge in [-0.1, -0.05) is 15.9 Å². The van der Waals surface area contributed by atoms with E-state index in [1.165, 1.54) is 6.07 Å². The highest BCUT2D eigenvalue weighted by atomic mass is 79.9. The Morgan fingerprint density at radius 3 is 2.77 bits per heavy atom. The van der Waals surface area contributed by atoms with Gasteiger partial charge in [0.15, 0.2) is 11.6 Å². The Kier molecular flexibility index (Phi) is 3.24. The fraction of sp³-hybridized carbons (Fsp3) is 0.250. The van der Waals surface area contributed by atoms with Gasteiger partial charge in [0.1, 0.15) is 0 Å². The molecule has 0 bridgehead atoms. The summed E-state index contributed by atoms with van der Waals surface area (Å²) < 4.78 is 13.5. The molecule has 0 heterocycles. The van der Waals surface area contributed by atoms with Gasteiger partial charge in [0.25, 0.3) is 0 Å². The molecule has 0 saturated carbocycles. The average molecular weight is 250 g/mol. The van der Waals surface area contributed by atoms with Gasteiger partial charge in [-0.2, -0.15) is 0 Å². The number of rotatable bonds is 2. The predicted molar refractivity (Wildman–Crippen MR) is 49.1 cm³/mol. The molecule has 1 aromatic carbocycles. The Balaban J connectivity index is 3.28. The van der Waals surface area contributed by atoms with Gasteiger partial charge in [-0.05, 0) is 18.6 Å². The molecule has 3 N–H and O–H groups in total. The van der Waals surface area contributed by atoms with E-state index in [1.807, 2.05) is 5.48 Å². The number of aromatic hydroxyl groups is 1. The van der Waals surface area contributed by atoms with Crippen molar-refractivity contribution in [3.63, 3.8) is 0 Å². The molecule has 5 heteroatoms.